The van der Waals surface area contributed by atoms with Gasteiger partial charge in [-0.15, -0.1) is 0 Å². The predicted octanol–water partition coefficient (Wildman–Crippen LogP) is 8.84. The van der Waals surface area contributed by atoms with Crippen molar-refractivity contribution in [3.8, 4) is 0 Å². The number of halogens is 2. The summed E-state index contributed by atoms with van der Waals surface area (Å²) in [4.78, 5) is 0. The molecule has 2 aliphatic carbocycles. The van der Waals surface area contributed by atoms with Crippen molar-refractivity contribution in [1.29, 1.82) is 0 Å². The molecule has 0 saturated heterocycles. The molecule has 0 amide bonds. The number of hydrogen-bond donors (Lipinski definition) is 0. The van der Waals surface area contributed by atoms with Gasteiger partial charge < -0.3 is 0 Å². The van der Waals surface area contributed by atoms with E-state index < -0.39 is 21.3 Å². The van der Waals surface area contributed by atoms with Gasteiger partial charge in [-0.1, -0.05) is 0 Å². The van der Waals surface area contributed by atoms with E-state index in [-0.39, 0.29) is 7.35 Å². The van der Waals surface area contributed by atoms with Crippen LogP contribution >= 0.6 is 17.2 Å². The minimum absolute atomic E-state index is 0.254. The first-order valence-electron chi connectivity index (χ1n) is 11.5. The summed E-state index contributed by atoms with van der Waals surface area (Å²) in [6.07, 6.45) is 9.29. The van der Waals surface area contributed by atoms with Crippen molar-refractivity contribution < 1.29 is 15.3 Å². The molecule has 0 bridgehead atoms. The van der Waals surface area contributed by atoms with Crippen LogP contribution in [0, 0.1) is 0 Å². The maximum atomic E-state index is 8.22. The van der Waals surface area contributed by atoms with E-state index in [9.17, 15) is 0 Å². The minimum atomic E-state index is -4.57. The maximum absolute atomic E-state index is 8.22. The monoisotopic (exact) mass is 623 g/mol. The molecule has 2 aromatic rings. The molecule has 0 aromatic heterocycles. The molecule has 2 aromatic carbocycles. The van der Waals surface area contributed by atoms with E-state index >= 15 is 0 Å². The number of fused-ring (bicyclic) bond motifs is 2. The third kappa shape index (κ3) is 3.41. The number of hydrogen-bond acceptors (Lipinski definition) is 0. The van der Waals surface area contributed by atoms with Crippen LogP contribution in [0.4, 0.5) is 0 Å². The quantitative estimate of drug-likeness (QED) is 0.271. The van der Waals surface area contributed by atoms with Gasteiger partial charge in [0.1, 0.15) is 0 Å². The summed E-state index contributed by atoms with van der Waals surface area (Å²) in [6, 6.07) is 17.8. The van der Waals surface area contributed by atoms with Crippen molar-refractivity contribution in [3.05, 3.63) is 81.9 Å². The van der Waals surface area contributed by atoms with E-state index in [4.69, 9.17) is 17.2 Å². The van der Waals surface area contributed by atoms with Crippen LogP contribution in [0.2, 0.25) is 13.1 Å². The van der Waals surface area contributed by atoms with Crippen molar-refractivity contribution in [2.75, 3.05) is 0 Å². The van der Waals surface area contributed by atoms with Crippen molar-refractivity contribution in [3.63, 3.8) is 0 Å². The van der Waals surface area contributed by atoms with Gasteiger partial charge in [0.05, 0.1) is 0 Å². The molecular formula is C26H33Cl2HfSi. The zero-order chi connectivity index (χ0) is 21.5. The Morgan fingerprint density at radius 3 is 1.50 bits per heavy atom. The van der Waals surface area contributed by atoms with Gasteiger partial charge in [0.25, 0.3) is 0 Å². The molecule has 0 nitrogen and oxygen atoms in total. The van der Waals surface area contributed by atoms with E-state index in [1.807, 2.05) is 0 Å². The molecule has 0 saturated carbocycles. The summed E-state index contributed by atoms with van der Waals surface area (Å²) in [5.74, 6) is -1.40. The molecule has 0 heterocycles. The Bertz CT molecular complexity index is 946. The van der Waals surface area contributed by atoms with Crippen LogP contribution in [0.5, 0.6) is 0 Å². The molecule has 2 atom stereocenters. The van der Waals surface area contributed by atoms with Gasteiger partial charge >= 0.3 is 192 Å². The van der Waals surface area contributed by atoms with Gasteiger partial charge in [0, 0.05) is 0 Å². The number of rotatable bonds is 7. The predicted molar refractivity (Wildman–Crippen MR) is 135 cm³/mol. The first-order chi connectivity index (χ1) is 14.3. The van der Waals surface area contributed by atoms with E-state index in [1.165, 1.54) is 33.4 Å². The summed E-state index contributed by atoms with van der Waals surface area (Å²) in [6.45, 7) is 9.41. The Morgan fingerprint density at radius 1 is 0.733 bits per heavy atom. The Hall–Kier alpha value is -0.413. The summed E-state index contributed by atoms with van der Waals surface area (Å²) in [5.41, 5.74) is 8.50. The fourth-order valence-electron chi connectivity index (χ4n) is 5.92. The molecule has 0 spiro atoms. The second-order valence-electron chi connectivity index (χ2n) is 9.44. The molecule has 0 radical (unpaired) electrons. The molecule has 2 unspecified atom stereocenters. The summed E-state index contributed by atoms with van der Waals surface area (Å²) in [5, 5.41) is 0. The van der Waals surface area contributed by atoms with Crippen LogP contribution in [0.15, 0.2) is 59.7 Å². The summed E-state index contributed by atoms with van der Waals surface area (Å²) >= 11 is -4.57. The van der Waals surface area contributed by atoms with Crippen molar-refractivity contribution >= 4 is 35.3 Å². The van der Waals surface area contributed by atoms with E-state index in [2.05, 4.69) is 87.6 Å². The topological polar surface area (TPSA) is 0 Å². The first kappa shape index (κ1) is 22.8. The zero-order valence-corrected chi connectivity index (χ0v) is 24.8. The van der Waals surface area contributed by atoms with Crippen LogP contribution in [0.25, 0.3) is 12.2 Å². The standard InChI is InChI=1S/2C12H13.C2H7Si.2ClH.Hf/c2*1-2-5-10-8-11-6-3-4-7-12(11)9-10;1-3-2;;;/h2*3-4,6-9H,2,5H2,1H3;3H,1-2H3;2*1H;/q;;;;;+2/p-2. The van der Waals surface area contributed by atoms with Gasteiger partial charge in [0.2, 0.25) is 0 Å². The molecule has 0 N–H and O–H groups in total. The van der Waals surface area contributed by atoms with E-state index in [0.717, 1.165) is 25.7 Å². The molecule has 30 heavy (non-hydrogen) atoms. The number of benzene rings is 2. The van der Waals surface area contributed by atoms with Gasteiger partial charge in [-0.05, 0) is 0 Å². The van der Waals surface area contributed by atoms with E-state index in [1.54, 1.807) is 0 Å². The fraction of sp³-hybridized carbons (Fsp3) is 0.385. The Balaban J connectivity index is 1.98. The molecule has 4 rings (SSSR count). The van der Waals surface area contributed by atoms with Crippen LogP contribution in [0.1, 0.15) is 69.1 Å². The average Bonchev–Trinajstić information content (AvgIpc) is 3.27. The third-order valence-electron chi connectivity index (χ3n) is 7.32. The summed E-state index contributed by atoms with van der Waals surface area (Å²) < 4.78 is 0.508. The second kappa shape index (κ2) is 8.50. The number of allylic oxidation sites excluding steroid dienone is 2. The Morgan fingerprint density at radius 2 is 1.13 bits per heavy atom. The first-order valence-corrected chi connectivity index (χ1v) is 33.6. The molecule has 0 fully saturated rings. The molecule has 159 valence electrons. The average molecular weight is 623 g/mol. The van der Waals surface area contributed by atoms with Crippen LogP contribution in [-0.2, 0) is 15.3 Å². The normalized spacial score (nSPS) is 21.6. The van der Waals surface area contributed by atoms with E-state index in [0.29, 0.717) is 0 Å². The molecular weight excluding hydrogens is 590 g/mol. The van der Waals surface area contributed by atoms with Crippen molar-refractivity contribution in [2.45, 2.75) is 60.0 Å². The molecule has 4 heteroatoms. The zero-order valence-electron chi connectivity index (χ0n) is 18.6. The van der Waals surface area contributed by atoms with Crippen LogP contribution in [-0.4, -0.2) is 5.98 Å². The van der Waals surface area contributed by atoms with Crippen LogP contribution in [0.3, 0.4) is 0 Å². The van der Waals surface area contributed by atoms with Gasteiger partial charge in [-0.3, -0.25) is 0 Å². The van der Waals surface area contributed by atoms with Gasteiger partial charge in [0.15, 0.2) is 0 Å². The van der Waals surface area contributed by atoms with Gasteiger partial charge in [-0.25, -0.2) is 0 Å². The van der Waals surface area contributed by atoms with Crippen LogP contribution < -0.4 is 0 Å². The fourth-order valence-corrected chi connectivity index (χ4v) is 50.6. The SMILES string of the molecule is CCCC1=Cc2ccccc2[CH]1[Hf]([Cl])([Cl])([CH]1C(CCC)=Cc2ccccc21)[SiH](C)C. The van der Waals surface area contributed by atoms with Crippen molar-refractivity contribution in [2.24, 2.45) is 0 Å². The Labute approximate surface area is 191 Å². The molecule has 2 aliphatic rings. The Kier molecular flexibility index (Phi) is 6.45. The molecule has 0 aliphatic heterocycles. The second-order valence-corrected chi connectivity index (χ2v) is 68.7. The third-order valence-corrected chi connectivity index (χ3v) is 80.2. The van der Waals surface area contributed by atoms with Gasteiger partial charge in [-0.2, -0.15) is 0 Å². The summed E-state index contributed by atoms with van der Waals surface area (Å²) in [7, 11) is 16.4. The van der Waals surface area contributed by atoms with Crippen molar-refractivity contribution in [1.82, 2.24) is 0 Å².